The Morgan fingerprint density at radius 1 is 1.60 bits per heavy atom. The molecule has 1 aromatic heterocycles. The molecule has 2 rings (SSSR count). The summed E-state index contributed by atoms with van der Waals surface area (Å²) in [6, 6.07) is 2.21. The second-order valence-corrected chi connectivity index (χ2v) is 3.71. The number of nitrogens with one attached hydrogen (secondary N) is 2. The normalized spacial score (nSPS) is 20.9. The molecule has 1 saturated heterocycles. The Balaban J connectivity index is 0.00000112. The van der Waals surface area contributed by atoms with Crippen LogP contribution >= 0.6 is 12.4 Å². The third kappa shape index (κ3) is 2.73. The number of carbonyl (C=O) groups is 1. The van der Waals surface area contributed by atoms with Gasteiger partial charge in [0.25, 0.3) is 5.91 Å². The molecule has 1 aromatic rings. The summed E-state index contributed by atoms with van der Waals surface area (Å²) in [4.78, 5) is 16.7. The van der Waals surface area contributed by atoms with Crippen molar-refractivity contribution in [3.63, 3.8) is 0 Å². The van der Waals surface area contributed by atoms with E-state index in [9.17, 15) is 4.79 Å². The molecule has 1 aliphatic rings. The first-order valence-corrected chi connectivity index (χ1v) is 4.93. The number of nitrogens with zero attached hydrogens (tertiary/aromatic N) is 1. The summed E-state index contributed by atoms with van der Waals surface area (Å²) in [6.07, 6.45) is 3.52. The molecule has 1 amide bonds. The van der Waals surface area contributed by atoms with Crippen LogP contribution in [0.25, 0.3) is 0 Å². The van der Waals surface area contributed by atoms with Gasteiger partial charge in [0.1, 0.15) is 0 Å². The number of amides is 1. The summed E-state index contributed by atoms with van der Waals surface area (Å²) in [7, 11) is 0. The Hall–Kier alpha value is -1.00. The Morgan fingerprint density at radius 2 is 2.40 bits per heavy atom. The number of H-pyrrole nitrogens is 1. The van der Waals surface area contributed by atoms with E-state index in [1.807, 2.05) is 11.0 Å². The van der Waals surface area contributed by atoms with Crippen molar-refractivity contribution < 1.29 is 4.79 Å². The summed E-state index contributed by atoms with van der Waals surface area (Å²) in [6.45, 7) is 4.58. The summed E-state index contributed by atoms with van der Waals surface area (Å²) in [5.74, 6) is 0.125. The third-order valence-electron chi connectivity index (χ3n) is 2.50. The predicted octanol–water partition coefficient (Wildman–Crippen LogP) is 0.870. The first kappa shape index (κ1) is 12.1. The number of hydrogen-bond acceptors (Lipinski definition) is 2. The van der Waals surface area contributed by atoms with Crippen molar-refractivity contribution in [1.82, 2.24) is 15.2 Å². The lowest BCUT2D eigenvalue weighted by Crippen LogP contribution is -2.51. The molecule has 1 unspecified atom stereocenters. The highest BCUT2D eigenvalue weighted by Gasteiger charge is 2.21. The zero-order valence-corrected chi connectivity index (χ0v) is 9.51. The monoisotopic (exact) mass is 229 g/mol. The highest BCUT2D eigenvalue weighted by Crippen LogP contribution is 2.06. The molecule has 15 heavy (non-hydrogen) atoms. The second-order valence-electron chi connectivity index (χ2n) is 3.71. The average Bonchev–Trinajstić information content (AvgIpc) is 2.69. The van der Waals surface area contributed by atoms with Gasteiger partial charge < -0.3 is 15.2 Å². The van der Waals surface area contributed by atoms with E-state index in [1.54, 1.807) is 12.4 Å². The Bertz CT molecular complexity index is 312. The molecule has 0 aliphatic carbocycles. The van der Waals surface area contributed by atoms with Gasteiger partial charge in [-0.15, -0.1) is 12.4 Å². The molecular weight excluding hydrogens is 214 g/mol. The van der Waals surface area contributed by atoms with Crippen LogP contribution in [0.3, 0.4) is 0 Å². The largest absolute Gasteiger partial charge is 0.367 e. The summed E-state index contributed by atoms with van der Waals surface area (Å²) >= 11 is 0. The van der Waals surface area contributed by atoms with Gasteiger partial charge in [0.2, 0.25) is 0 Å². The maximum Gasteiger partial charge on any atom is 0.255 e. The van der Waals surface area contributed by atoms with Crippen LogP contribution in [0.15, 0.2) is 18.5 Å². The van der Waals surface area contributed by atoms with Crippen molar-refractivity contribution in [2.24, 2.45) is 0 Å². The van der Waals surface area contributed by atoms with Crippen LogP contribution in [-0.4, -0.2) is 41.5 Å². The van der Waals surface area contributed by atoms with Crippen LogP contribution in [0.5, 0.6) is 0 Å². The van der Waals surface area contributed by atoms with Crippen molar-refractivity contribution in [3.8, 4) is 0 Å². The van der Waals surface area contributed by atoms with Crippen molar-refractivity contribution in [2.45, 2.75) is 13.0 Å². The van der Waals surface area contributed by atoms with Crippen LogP contribution in [-0.2, 0) is 0 Å². The molecule has 0 spiro atoms. The first-order chi connectivity index (χ1) is 6.77. The van der Waals surface area contributed by atoms with Gasteiger partial charge in [-0.3, -0.25) is 4.79 Å². The van der Waals surface area contributed by atoms with Gasteiger partial charge in [0.05, 0.1) is 5.56 Å². The van der Waals surface area contributed by atoms with Crippen molar-refractivity contribution in [2.75, 3.05) is 19.6 Å². The van der Waals surface area contributed by atoms with E-state index in [0.717, 1.165) is 25.2 Å². The molecular formula is C10H16ClN3O. The Labute approximate surface area is 95.4 Å². The predicted molar refractivity (Wildman–Crippen MR) is 61.4 cm³/mol. The number of rotatable bonds is 1. The summed E-state index contributed by atoms with van der Waals surface area (Å²) < 4.78 is 0. The van der Waals surface area contributed by atoms with Gasteiger partial charge >= 0.3 is 0 Å². The summed E-state index contributed by atoms with van der Waals surface area (Å²) in [5.41, 5.74) is 0.749. The standard InChI is InChI=1S/C10H15N3O.ClH/c1-8-7-13(5-4-12-8)10(14)9-2-3-11-6-9;/h2-3,6,8,11-12H,4-5,7H2,1H3;1H. The van der Waals surface area contributed by atoms with Gasteiger partial charge in [0, 0.05) is 38.1 Å². The van der Waals surface area contributed by atoms with E-state index < -0.39 is 0 Å². The van der Waals surface area contributed by atoms with Gasteiger partial charge in [-0.05, 0) is 13.0 Å². The molecule has 1 atom stereocenters. The molecule has 0 radical (unpaired) electrons. The summed E-state index contributed by atoms with van der Waals surface area (Å²) in [5, 5.41) is 3.31. The Morgan fingerprint density at radius 3 is 3.00 bits per heavy atom. The van der Waals surface area contributed by atoms with Crippen LogP contribution in [0.2, 0.25) is 0 Å². The minimum atomic E-state index is 0. The van der Waals surface area contributed by atoms with Gasteiger partial charge in [0.15, 0.2) is 0 Å². The lowest BCUT2D eigenvalue weighted by atomic mass is 10.2. The highest BCUT2D eigenvalue weighted by molar-refractivity contribution is 5.94. The number of carbonyl (C=O) groups excluding carboxylic acids is 1. The average molecular weight is 230 g/mol. The van der Waals surface area contributed by atoms with E-state index in [-0.39, 0.29) is 18.3 Å². The van der Waals surface area contributed by atoms with Gasteiger partial charge in [-0.25, -0.2) is 0 Å². The zero-order valence-electron chi connectivity index (χ0n) is 8.69. The van der Waals surface area contributed by atoms with E-state index in [1.165, 1.54) is 0 Å². The minimum Gasteiger partial charge on any atom is -0.367 e. The lowest BCUT2D eigenvalue weighted by molar-refractivity contribution is 0.0709. The van der Waals surface area contributed by atoms with Crippen LogP contribution < -0.4 is 5.32 Å². The van der Waals surface area contributed by atoms with Crippen LogP contribution in [0, 0.1) is 0 Å². The molecule has 0 saturated carbocycles. The molecule has 1 fully saturated rings. The van der Waals surface area contributed by atoms with Crippen LogP contribution in [0.4, 0.5) is 0 Å². The topological polar surface area (TPSA) is 48.1 Å². The number of piperazine rings is 1. The molecule has 1 aliphatic heterocycles. The van der Waals surface area contributed by atoms with Crippen molar-refractivity contribution >= 4 is 18.3 Å². The number of hydrogen-bond donors (Lipinski definition) is 2. The fourth-order valence-electron chi connectivity index (χ4n) is 1.76. The highest BCUT2D eigenvalue weighted by atomic mass is 35.5. The molecule has 2 N–H and O–H groups in total. The van der Waals surface area contributed by atoms with Gasteiger partial charge in [-0.2, -0.15) is 0 Å². The van der Waals surface area contributed by atoms with E-state index >= 15 is 0 Å². The molecule has 0 bridgehead atoms. The van der Waals surface area contributed by atoms with E-state index in [4.69, 9.17) is 0 Å². The SMILES string of the molecule is CC1CN(C(=O)c2cc[nH]c2)CCN1.Cl. The maximum absolute atomic E-state index is 11.9. The number of aromatic nitrogens is 1. The molecule has 0 aromatic carbocycles. The van der Waals surface area contributed by atoms with Gasteiger partial charge in [-0.1, -0.05) is 0 Å². The van der Waals surface area contributed by atoms with Crippen molar-refractivity contribution in [1.29, 1.82) is 0 Å². The number of halogens is 1. The number of aromatic amines is 1. The lowest BCUT2D eigenvalue weighted by Gasteiger charge is -2.31. The smallest absolute Gasteiger partial charge is 0.255 e. The van der Waals surface area contributed by atoms with Crippen LogP contribution in [0.1, 0.15) is 17.3 Å². The fraction of sp³-hybridized carbons (Fsp3) is 0.500. The fourth-order valence-corrected chi connectivity index (χ4v) is 1.76. The van der Waals surface area contributed by atoms with E-state index in [0.29, 0.717) is 6.04 Å². The molecule has 2 heterocycles. The minimum absolute atomic E-state index is 0. The van der Waals surface area contributed by atoms with Crippen molar-refractivity contribution in [3.05, 3.63) is 24.0 Å². The Kier molecular flexibility index (Phi) is 4.17. The third-order valence-corrected chi connectivity index (χ3v) is 2.50. The maximum atomic E-state index is 11.9. The molecule has 5 heteroatoms. The van der Waals surface area contributed by atoms with E-state index in [2.05, 4.69) is 17.2 Å². The first-order valence-electron chi connectivity index (χ1n) is 4.93. The quantitative estimate of drug-likeness (QED) is 0.751. The zero-order chi connectivity index (χ0) is 9.97. The molecule has 4 nitrogen and oxygen atoms in total. The molecule has 84 valence electrons. The second kappa shape index (κ2) is 5.19.